The third-order valence-electron chi connectivity index (χ3n) is 4.69. The molecule has 3 aromatic carbocycles. The highest BCUT2D eigenvalue weighted by Gasteiger charge is 2.44. The van der Waals surface area contributed by atoms with Crippen LogP contribution in [0.4, 0.5) is 0 Å². The summed E-state index contributed by atoms with van der Waals surface area (Å²) in [7, 11) is 2.68. The lowest BCUT2D eigenvalue weighted by Gasteiger charge is -2.28. The van der Waals surface area contributed by atoms with Crippen molar-refractivity contribution in [2.45, 2.75) is 6.42 Å². The van der Waals surface area contributed by atoms with Crippen LogP contribution < -0.4 is 15.9 Å². The van der Waals surface area contributed by atoms with E-state index in [9.17, 15) is 0 Å². The highest BCUT2D eigenvalue weighted by molar-refractivity contribution is 7.95. The van der Waals surface area contributed by atoms with Gasteiger partial charge in [0.25, 0.3) is 0 Å². The highest BCUT2D eigenvalue weighted by atomic mass is 35.5. The number of rotatable bonds is 7. The zero-order chi connectivity index (χ0) is 17.5. The molecule has 0 aliphatic carbocycles. The summed E-state index contributed by atoms with van der Waals surface area (Å²) in [6, 6.07) is 33.4. The first-order valence-electron chi connectivity index (χ1n) is 8.93. The minimum absolute atomic E-state index is 0. The Labute approximate surface area is 164 Å². The monoisotopic (exact) mass is 384 g/mol. The molecule has 0 saturated heterocycles. The highest BCUT2D eigenvalue weighted by Crippen LogP contribution is 2.55. The van der Waals surface area contributed by atoms with Crippen LogP contribution in [-0.4, -0.2) is 31.7 Å². The van der Waals surface area contributed by atoms with Crippen LogP contribution >= 0.6 is 19.7 Å². The molecule has 1 nitrogen and oxygen atoms in total. The minimum atomic E-state index is -1.64. The van der Waals surface area contributed by atoms with Gasteiger partial charge in [0, 0.05) is 6.54 Å². The Morgan fingerprint density at radius 3 is 1.27 bits per heavy atom. The Bertz CT molecular complexity index is 663. The van der Waals surface area contributed by atoms with Crippen molar-refractivity contribution >= 4 is 35.6 Å². The van der Waals surface area contributed by atoms with Crippen LogP contribution in [0.2, 0.25) is 0 Å². The maximum Gasteiger partial charge on any atom is 0.112 e. The molecule has 0 heterocycles. The molecule has 136 valence electrons. The molecule has 0 fully saturated rings. The maximum atomic E-state index is 2.32. The van der Waals surface area contributed by atoms with E-state index in [2.05, 4.69) is 110 Å². The molecule has 0 bridgehead atoms. The molecule has 0 radical (unpaired) electrons. The molecule has 3 rings (SSSR count). The second-order valence-electron chi connectivity index (χ2n) is 6.70. The molecule has 0 amide bonds. The van der Waals surface area contributed by atoms with Gasteiger partial charge in [0.1, 0.15) is 23.2 Å². The SMILES string of the molecule is CN(C)CCC[P+](c1ccccc1)(c1ccccc1)c1ccccc1.Cl. The van der Waals surface area contributed by atoms with Crippen LogP contribution in [0.15, 0.2) is 91.0 Å². The van der Waals surface area contributed by atoms with Gasteiger partial charge in [-0.1, -0.05) is 54.6 Å². The van der Waals surface area contributed by atoms with E-state index in [-0.39, 0.29) is 12.4 Å². The zero-order valence-corrected chi connectivity index (χ0v) is 17.3. The first-order valence-corrected chi connectivity index (χ1v) is 10.9. The Morgan fingerprint density at radius 1 is 0.615 bits per heavy atom. The molecule has 0 N–H and O–H groups in total. The topological polar surface area (TPSA) is 3.24 Å². The number of halogens is 1. The fourth-order valence-electron chi connectivity index (χ4n) is 3.51. The second-order valence-corrected chi connectivity index (χ2v) is 10.3. The first-order chi connectivity index (χ1) is 12.2. The van der Waals surface area contributed by atoms with Crippen LogP contribution in [0, 0.1) is 0 Å². The summed E-state index contributed by atoms with van der Waals surface area (Å²) in [6.07, 6.45) is 2.39. The van der Waals surface area contributed by atoms with Gasteiger partial charge in [0.15, 0.2) is 0 Å². The van der Waals surface area contributed by atoms with Crippen LogP contribution in [0.3, 0.4) is 0 Å². The molecule has 0 saturated carbocycles. The summed E-state index contributed by atoms with van der Waals surface area (Å²) in [5.74, 6) is 0. The fraction of sp³-hybridized carbons (Fsp3) is 0.217. The molecule has 3 heteroatoms. The lowest BCUT2D eigenvalue weighted by atomic mass is 10.3. The summed E-state index contributed by atoms with van der Waals surface area (Å²) >= 11 is 0. The average Bonchev–Trinajstić information content (AvgIpc) is 2.67. The Kier molecular flexibility index (Phi) is 7.85. The van der Waals surface area contributed by atoms with Gasteiger partial charge in [-0.3, -0.25) is 0 Å². The minimum Gasteiger partial charge on any atom is -0.309 e. The number of nitrogens with zero attached hydrogens (tertiary/aromatic N) is 1. The van der Waals surface area contributed by atoms with Gasteiger partial charge < -0.3 is 4.90 Å². The Hall–Kier alpha value is -1.66. The van der Waals surface area contributed by atoms with Crippen molar-refractivity contribution in [3.63, 3.8) is 0 Å². The molecular weight excluding hydrogens is 357 g/mol. The summed E-state index contributed by atoms with van der Waals surface area (Å²) in [5, 5.41) is 4.43. The van der Waals surface area contributed by atoms with Gasteiger partial charge in [-0.2, -0.15) is 0 Å². The predicted octanol–water partition coefficient (Wildman–Crippen LogP) is 4.35. The summed E-state index contributed by atoms with van der Waals surface area (Å²) < 4.78 is 0. The summed E-state index contributed by atoms with van der Waals surface area (Å²) in [6.45, 7) is 1.12. The van der Waals surface area contributed by atoms with Gasteiger partial charge in [0.05, 0.1) is 6.16 Å². The standard InChI is InChI=1S/C23H27NP.ClH/c1-24(2)19-12-20-25(21-13-6-3-7-14-21,22-15-8-4-9-16-22)23-17-10-5-11-18-23;/h3-11,13-18H,12,19-20H2,1-2H3;1H/q+1;. The van der Waals surface area contributed by atoms with Crippen molar-refractivity contribution in [3.8, 4) is 0 Å². The molecule has 0 aliphatic rings. The molecule has 0 aliphatic heterocycles. The first kappa shape index (κ1) is 20.6. The van der Waals surface area contributed by atoms with E-state index in [1.165, 1.54) is 28.5 Å². The fourth-order valence-corrected chi connectivity index (χ4v) is 7.83. The van der Waals surface area contributed by atoms with Crippen molar-refractivity contribution in [3.05, 3.63) is 91.0 Å². The number of benzene rings is 3. The van der Waals surface area contributed by atoms with Gasteiger partial charge >= 0.3 is 0 Å². The largest absolute Gasteiger partial charge is 0.309 e. The van der Waals surface area contributed by atoms with Gasteiger partial charge in [0.2, 0.25) is 0 Å². The maximum absolute atomic E-state index is 2.32. The van der Waals surface area contributed by atoms with E-state index >= 15 is 0 Å². The van der Waals surface area contributed by atoms with E-state index in [0.29, 0.717) is 0 Å². The smallest absolute Gasteiger partial charge is 0.112 e. The van der Waals surface area contributed by atoms with Crippen molar-refractivity contribution in [2.24, 2.45) is 0 Å². The molecule has 0 spiro atoms. The Balaban J connectivity index is 0.00000243. The third kappa shape index (κ3) is 4.54. The van der Waals surface area contributed by atoms with E-state index in [0.717, 1.165) is 6.54 Å². The molecule has 26 heavy (non-hydrogen) atoms. The van der Waals surface area contributed by atoms with Gasteiger partial charge in [-0.15, -0.1) is 12.4 Å². The quantitative estimate of drug-likeness (QED) is 0.547. The van der Waals surface area contributed by atoms with Crippen molar-refractivity contribution in [2.75, 3.05) is 26.8 Å². The number of hydrogen-bond acceptors (Lipinski definition) is 1. The molecule has 0 atom stereocenters. The second kappa shape index (κ2) is 9.88. The predicted molar refractivity (Wildman–Crippen MR) is 120 cm³/mol. The molecule has 0 aromatic heterocycles. The van der Waals surface area contributed by atoms with Crippen LogP contribution in [0.5, 0.6) is 0 Å². The van der Waals surface area contributed by atoms with Crippen molar-refractivity contribution in [1.82, 2.24) is 4.90 Å². The lowest BCUT2D eigenvalue weighted by Crippen LogP contribution is -2.34. The van der Waals surface area contributed by atoms with Crippen LogP contribution in [-0.2, 0) is 0 Å². The lowest BCUT2D eigenvalue weighted by molar-refractivity contribution is 0.409. The van der Waals surface area contributed by atoms with E-state index in [1.807, 2.05) is 0 Å². The molecule has 0 unspecified atom stereocenters. The Morgan fingerprint density at radius 2 is 0.962 bits per heavy atom. The van der Waals surface area contributed by atoms with Crippen molar-refractivity contribution in [1.29, 1.82) is 0 Å². The molecular formula is C23H28ClNP+. The average molecular weight is 385 g/mol. The van der Waals surface area contributed by atoms with Gasteiger partial charge in [-0.25, -0.2) is 0 Å². The molecule has 3 aromatic rings. The van der Waals surface area contributed by atoms with E-state index < -0.39 is 7.26 Å². The van der Waals surface area contributed by atoms with E-state index in [1.54, 1.807) is 0 Å². The van der Waals surface area contributed by atoms with Crippen molar-refractivity contribution < 1.29 is 0 Å². The van der Waals surface area contributed by atoms with E-state index in [4.69, 9.17) is 0 Å². The zero-order valence-electron chi connectivity index (χ0n) is 15.6. The summed E-state index contributed by atoms with van der Waals surface area (Å²) in [5.41, 5.74) is 0. The third-order valence-corrected chi connectivity index (χ3v) is 9.22. The summed E-state index contributed by atoms with van der Waals surface area (Å²) in [4.78, 5) is 2.29. The van der Waals surface area contributed by atoms with Gasteiger partial charge in [-0.05, 0) is 56.9 Å². The van der Waals surface area contributed by atoms with Crippen LogP contribution in [0.25, 0.3) is 0 Å². The van der Waals surface area contributed by atoms with Crippen LogP contribution in [0.1, 0.15) is 6.42 Å². The normalized spacial score (nSPS) is 11.2. The number of hydrogen-bond donors (Lipinski definition) is 0.